The van der Waals surface area contributed by atoms with E-state index < -0.39 is 0 Å². The number of hydrogen-bond donors (Lipinski definition) is 0. The lowest BCUT2D eigenvalue weighted by molar-refractivity contribution is 0.830. The second kappa shape index (κ2) is 5.83. The molecule has 0 radical (unpaired) electrons. The zero-order valence-electron chi connectivity index (χ0n) is 9.64. The zero-order valence-corrected chi connectivity index (χ0v) is 11.2. The number of rotatable bonds is 4. The molecule has 0 saturated carbocycles. The molecule has 0 heterocycles. The summed E-state index contributed by atoms with van der Waals surface area (Å²) in [5.41, 5.74) is 2.68. The SMILES string of the molecule is C=CCC(c1ccccc1)c1ccc(Br)cc1. The summed E-state index contributed by atoms with van der Waals surface area (Å²) in [6.45, 7) is 3.86. The molecule has 0 N–H and O–H groups in total. The van der Waals surface area contributed by atoms with Gasteiger partial charge in [-0.05, 0) is 29.7 Å². The smallest absolute Gasteiger partial charge is 0.0175 e. The van der Waals surface area contributed by atoms with Crippen molar-refractivity contribution in [2.75, 3.05) is 0 Å². The fourth-order valence-electron chi connectivity index (χ4n) is 2.01. The first-order valence-corrected chi connectivity index (χ1v) is 6.52. The Morgan fingerprint density at radius 3 is 2.12 bits per heavy atom. The monoisotopic (exact) mass is 286 g/mol. The lowest BCUT2D eigenvalue weighted by Gasteiger charge is -2.16. The molecule has 2 aromatic carbocycles. The van der Waals surface area contributed by atoms with Gasteiger partial charge in [0.2, 0.25) is 0 Å². The van der Waals surface area contributed by atoms with Gasteiger partial charge in [-0.2, -0.15) is 0 Å². The van der Waals surface area contributed by atoms with Gasteiger partial charge in [0.1, 0.15) is 0 Å². The van der Waals surface area contributed by atoms with E-state index in [0.29, 0.717) is 5.92 Å². The molecule has 1 unspecified atom stereocenters. The molecule has 0 aromatic heterocycles. The van der Waals surface area contributed by atoms with E-state index in [1.54, 1.807) is 0 Å². The Morgan fingerprint density at radius 2 is 1.53 bits per heavy atom. The topological polar surface area (TPSA) is 0 Å². The average molecular weight is 287 g/mol. The highest BCUT2D eigenvalue weighted by molar-refractivity contribution is 9.10. The van der Waals surface area contributed by atoms with Crippen molar-refractivity contribution in [3.63, 3.8) is 0 Å². The third kappa shape index (κ3) is 3.07. The summed E-state index contributed by atoms with van der Waals surface area (Å²) in [6.07, 6.45) is 2.95. The third-order valence-electron chi connectivity index (χ3n) is 2.88. The fraction of sp³-hybridized carbons (Fsp3) is 0.125. The van der Waals surface area contributed by atoms with E-state index in [4.69, 9.17) is 0 Å². The van der Waals surface area contributed by atoms with Gasteiger partial charge in [0.25, 0.3) is 0 Å². The van der Waals surface area contributed by atoms with Crippen LogP contribution in [-0.2, 0) is 0 Å². The predicted molar refractivity (Wildman–Crippen MR) is 77.2 cm³/mol. The molecule has 1 atom stereocenters. The Morgan fingerprint density at radius 1 is 0.941 bits per heavy atom. The van der Waals surface area contributed by atoms with Crippen LogP contribution in [-0.4, -0.2) is 0 Å². The van der Waals surface area contributed by atoms with Gasteiger partial charge in [0.15, 0.2) is 0 Å². The maximum atomic E-state index is 3.86. The molecule has 1 heteroatoms. The van der Waals surface area contributed by atoms with Crippen LogP contribution in [0.4, 0.5) is 0 Å². The van der Waals surface area contributed by atoms with Crippen molar-refractivity contribution in [3.8, 4) is 0 Å². The first-order chi connectivity index (χ1) is 8.31. The molecule has 0 bridgehead atoms. The summed E-state index contributed by atoms with van der Waals surface area (Å²) in [6, 6.07) is 19.1. The molecule has 86 valence electrons. The molecule has 0 fully saturated rings. The highest BCUT2D eigenvalue weighted by Gasteiger charge is 2.11. The summed E-state index contributed by atoms with van der Waals surface area (Å²) in [4.78, 5) is 0. The molecule has 0 spiro atoms. The van der Waals surface area contributed by atoms with Crippen LogP contribution >= 0.6 is 15.9 Å². The molecule has 17 heavy (non-hydrogen) atoms. The van der Waals surface area contributed by atoms with Crippen molar-refractivity contribution in [2.45, 2.75) is 12.3 Å². The Hall–Kier alpha value is -1.34. The van der Waals surface area contributed by atoms with Gasteiger partial charge >= 0.3 is 0 Å². The molecule has 0 aliphatic carbocycles. The van der Waals surface area contributed by atoms with Crippen LogP contribution in [0.15, 0.2) is 71.7 Å². The molecular weight excluding hydrogens is 272 g/mol. The Labute approximate surface area is 111 Å². The van der Waals surface area contributed by atoms with Crippen LogP contribution in [0.1, 0.15) is 23.5 Å². The maximum Gasteiger partial charge on any atom is 0.0175 e. The van der Waals surface area contributed by atoms with E-state index in [9.17, 15) is 0 Å². The fourth-order valence-corrected chi connectivity index (χ4v) is 2.28. The van der Waals surface area contributed by atoms with Crippen LogP contribution in [0.25, 0.3) is 0 Å². The third-order valence-corrected chi connectivity index (χ3v) is 3.41. The van der Waals surface area contributed by atoms with Crippen LogP contribution in [0.2, 0.25) is 0 Å². The highest BCUT2D eigenvalue weighted by atomic mass is 79.9. The summed E-state index contributed by atoms with van der Waals surface area (Å²) in [5, 5.41) is 0. The highest BCUT2D eigenvalue weighted by Crippen LogP contribution is 2.29. The Kier molecular flexibility index (Phi) is 4.16. The van der Waals surface area contributed by atoms with Gasteiger partial charge in [0, 0.05) is 10.4 Å². The predicted octanol–water partition coefficient (Wildman–Crippen LogP) is 5.16. The van der Waals surface area contributed by atoms with Crippen LogP contribution in [0, 0.1) is 0 Å². The van der Waals surface area contributed by atoms with E-state index in [1.165, 1.54) is 11.1 Å². The van der Waals surface area contributed by atoms with Crippen LogP contribution in [0.3, 0.4) is 0 Å². The van der Waals surface area contributed by atoms with Crippen molar-refractivity contribution >= 4 is 15.9 Å². The van der Waals surface area contributed by atoms with Gasteiger partial charge in [-0.15, -0.1) is 6.58 Å². The second-order valence-electron chi connectivity index (χ2n) is 4.04. The molecule has 0 aliphatic rings. The number of hydrogen-bond acceptors (Lipinski definition) is 0. The first-order valence-electron chi connectivity index (χ1n) is 5.72. The van der Waals surface area contributed by atoms with Gasteiger partial charge in [-0.3, -0.25) is 0 Å². The van der Waals surface area contributed by atoms with E-state index >= 15 is 0 Å². The molecular formula is C16H15Br. The lowest BCUT2D eigenvalue weighted by Crippen LogP contribution is -1.99. The summed E-state index contributed by atoms with van der Waals surface area (Å²) >= 11 is 3.47. The minimum absolute atomic E-state index is 0.404. The summed E-state index contributed by atoms with van der Waals surface area (Å²) < 4.78 is 1.12. The maximum absolute atomic E-state index is 3.86. The minimum Gasteiger partial charge on any atom is -0.103 e. The first kappa shape index (κ1) is 12.1. The van der Waals surface area contributed by atoms with Gasteiger partial charge in [-0.1, -0.05) is 64.5 Å². The van der Waals surface area contributed by atoms with Crippen molar-refractivity contribution in [1.29, 1.82) is 0 Å². The second-order valence-corrected chi connectivity index (χ2v) is 4.95. The quantitative estimate of drug-likeness (QED) is 0.681. The number of allylic oxidation sites excluding steroid dienone is 1. The lowest BCUT2D eigenvalue weighted by atomic mass is 9.89. The summed E-state index contributed by atoms with van der Waals surface area (Å²) in [7, 11) is 0. The van der Waals surface area contributed by atoms with E-state index in [1.807, 2.05) is 6.08 Å². The number of benzene rings is 2. The number of halogens is 1. The van der Waals surface area contributed by atoms with Crippen molar-refractivity contribution in [3.05, 3.63) is 82.9 Å². The zero-order chi connectivity index (χ0) is 12.1. The van der Waals surface area contributed by atoms with Crippen LogP contribution in [0.5, 0.6) is 0 Å². The van der Waals surface area contributed by atoms with E-state index in [0.717, 1.165) is 10.9 Å². The Balaban J connectivity index is 2.35. The van der Waals surface area contributed by atoms with Crippen molar-refractivity contribution < 1.29 is 0 Å². The normalized spacial score (nSPS) is 12.1. The molecule has 0 aliphatic heterocycles. The van der Waals surface area contributed by atoms with Crippen LogP contribution < -0.4 is 0 Å². The average Bonchev–Trinajstić information content (AvgIpc) is 2.38. The summed E-state index contributed by atoms with van der Waals surface area (Å²) in [5.74, 6) is 0.404. The standard InChI is InChI=1S/C16H15Br/c1-2-6-16(13-7-4-3-5-8-13)14-9-11-15(17)12-10-14/h2-5,7-12,16H,1,6H2. The molecule has 0 amide bonds. The Bertz CT molecular complexity index is 471. The van der Waals surface area contributed by atoms with E-state index in [2.05, 4.69) is 77.1 Å². The largest absolute Gasteiger partial charge is 0.103 e. The molecule has 2 aromatic rings. The van der Waals surface area contributed by atoms with Crippen molar-refractivity contribution in [2.24, 2.45) is 0 Å². The molecule has 0 nitrogen and oxygen atoms in total. The van der Waals surface area contributed by atoms with Crippen molar-refractivity contribution in [1.82, 2.24) is 0 Å². The molecule has 2 rings (SSSR count). The molecule has 0 saturated heterocycles. The van der Waals surface area contributed by atoms with Gasteiger partial charge in [-0.25, -0.2) is 0 Å². The van der Waals surface area contributed by atoms with E-state index in [-0.39, 0.29) is 0 Å². The minimum atomic E-state index is 0.404. The van der Waals surface area contributed by atoms with Gasteiger partial charge in [0.05, 0.1) is 0 Å². The van der Waals surface area contributed by atoms with Gasteiger partial charge < -0.3 is 0 Å².